The van der Waals surface area contributed by atoms with Gasteiger partial charge in [-0.15, -0.1) is 11.6 Å². The number of piperidine rings is 1. The number of aryl methyl sites for hydroxylation is 1. The summed E-state index contributed by atoms with van der Waals surface area (Å²) in [7, 11) is -3.39. The van der Waals surface area contributed by atoms with Gasteiger partial charge in [-0.2, -0.15) is 4.31 Å². The minimum Gasteiger partial charge on any atom is -0.207 e. The van der Waals surface area contributed by atoms with Crippen molar-refractivity contribution < 1.29 is 8.42 Å². The maximum Gasteiger partial charge on any atom is 0.243 e. The Bertz CT molecular complexity index is 531. The number of alkyl halides is 1. The Balaban J connectivity index is 2.29. The molecule has 0 saturated carbocycles. The fourth-order valence-electron chi connectivity index (χ4n) is 2.93. The zero-order chi connectivity index (χ0) is 14.8. The van der Waals surface area contributed by atoms with Gasteiger partial charge in [-0.1, -0.05) is 18.6 Å². The summed E-state index contributed by atoms with van der Waals surface area (Å²) < 4.78 is 27.2. The van der Waals surface area contributed by atoms with Gasteiger partial charge in [0.25, 0.3) is 0 Å². The highest BCUT2D eigenvalue weighted by Crippen LogP contribution is 2.29. The van der Waals surface area contributed by atoms with Gasteiger partial charge < -0.3 is 0 Å². The molecule has 0 N–H and O–H groups in total. The molecule has 3 nitrogen and oxygen atoms in total. The lowest BCUT2D eigenvalue weighted by molar-refractivity contribution is 0.204. The molecule has 1 aromatic rings. The monoisotopic (exact) mass is 315 g/mol. The second-order valence-electron chi connectivity index (χ2n) is 5.55. The molecule has 1 aromatic carbocycles. The fraction of sp³-hybridized carbons (Fsp3) is 0.600. The lowest BCUT2D eigenvalue weighted by Crippen LogP contribution is -2.47. The van der Waals surface area contributed by atoms with Gasteiger partial charge in [0, 0.05) is 18.0 Å². The minimum atomic E-state index is -3.39. The van der Waals surface area contributed by atoms with Crippen molar-refractivity contribution in [3.8, 4) is 0 Å². The number of rotatable bonds is 4. The molecule has 2 atom stereocenters. The van der Waals surface area contributed by atoms with Crippen LogP contribution in [0.25, 0.3) is 0 Å². The van der Waals surface area contributed by atoms with Gasteiger partial charge >= 0.3 is 0 Å². The maximum absolute atomic E-state index is 12.8. The van der Waals surface area contributed by atoms with E-state index in [1.807, 2.05) is 26.0 Å². The van der Waals surface area contributed by atoms with E-state index in [2.05, 4.69) is 0 Å². The third kappa shape index (κ3) is 3.18. The van der Waals surface area contributed by atoms with Crippen molar-refractivity contribution in [2.75, 3.05) is 5.88 Å². The van der Waals surface area contributed by atoms with E-state index < -0.39 is 10.0 Å². The zero-order valence-corrected chi connectivity index (χ0v) is 13.6. The Morgan fingerprint density at radius 3 is 2.20 bits per heavy atom. The number of nitrogens with zero attached hydrogens (tertiary/aromatic N) is 1. The first-order chi connectivity index (χ1) is 9.46. The van der Waals surface area contributed by atoms with Crippen LogP contribution in [-0.4, -0.2) is 30.7 Å². The highest BCUT2D eigenvalue weighted by atomic mass is 35.5. The average molecular weight is 316 g/mol. The first-order valence-corrected chi connectivity index (χ1v) is 9.12. The van der Waals surface area contributed by atoms with Crippen LogP contribution in [-0.2, 0) is 16.4 Å². The molecule has 1 aliphatic heterocycles. The van der Waals surface area contributed by atoms with E-state index in [1.165, 1.54) is 0 Å². The highest BCUT2D eigenvalue weighted by Gasteiger charge is 2.35. The quantitative estimate of drug-likeness (QED) is 0.798. The molecular formula is C15H22ClNO2S. The van der Waals surface area contributed by atoms with Crippen molar-refractivity contribution in [1.29, 1.82) is 0 Å². The molecule has 1 saturated heterocycles. The standard InChI is InChI=1S/C15H22ClNO2S/c1-12-4-3-5-13(2)17(12)20(18,19)15-8-6-14(7-9-15)10-11-16/h6-9,12-13H,3-5,10-11H2,1-2H3. The Kier molecular flexibility index (Phi) is 5.10. The summed E-state index contributed by atoms with van der Waals surface area (Å²) in [5.74, 6) is 0.548. The lowest BCUT2D eigenvalue weighted by atomic mass is 10.0. The molecule has 2 rings (SSSR count). The topological polar surface area (TPSA) is 37.4 Å². The number of halogens is 1. The van der Waals surface area contributed by atoms with Gasteiger partial charge in [-0.25, -0.2) is 8.42 Å². The molecular weight excluding hydrogens is 294 g/mol. The summed E-state index contributed by atoms with van der Waals surface area (Å²) >= 11 is 5.70. The van der Waals surface area contributed by atoms with E-state index >= 15 is 0 Å². The molecule has 0 bridgehead atoms. The molecule has 20 heavy (non-hydrogen) atoms. The molecule has 5 heteroatoms. The van der Waals surface area contributed by atoms with Crippen LogP contribution in [0.3, 0.4) is 0 Å². The molecule has 112 valence electrons. The third-order valence-corrected chi connectivity index (χ3v) is 6.33. The predicted octanol–water partition coefficient (Wildman–Crippen LogP) is 3.42. The highest BCUT2D eigenvalue weighted by molar-refractivity contribution is 7.89. The first kappa shape index (κ1) is 15.8. The second kappa shape index (κ2) is 6.46. The zero-order valence-electron chi connectivity index (χ0n) is 12.0. The van der Waals surface area contributed by atoms with Gasteiger partial charge in [-0.05, 0) is 50.8 Å². The molecule has 1 aliphatic rings. The number of sulfonamides is 1. The summed E-state index contributed by atoms with van der Waals surface area (Å²) in [5.41, 5.74) is 1.07. The SMILES string of the molecule is CC1CCCC(C)N1S(=O)(=O)c1ccc(CCCl)cc1. The van der Waals surface area contributed by atoms with E-state index in [0.717, 1.165) is 31.2 Å². The molecule has 0 radical (unpaired) electrons. The molecule has 2 unspecified atom stereocenters. The predicted molar refractivity (Wildman–Crippen MR) is 82.7 cm³/mol. The molecule has 0 aliphatic carbocycles. The molecule has 0 amide bonds. The largest absolute Gasteiger partial charge is 0.243 e. The molecule has 0 spiro atoms. The smallest absolute Gasteiger partial charge is 0.207 e. The minimum absolute atomic E-state index is 0.0752. The van der Waals surface area contributed by atoms with Gasteiger partial charge in [-0.3, -0.25) is 0 Å². The average Bonchev–Trinajstić information content (AvgIpc) is 2.39. The van der Waals surface area contributed by atoms with Gasteiger partial charge in [0.05, 0.1) is 4.90 Å². The van der Waals surface area contributed by atoms with Crippen molar-refractivity contribution in [1.82, 2.24) is 4.31 Å². The summed E-state index contributed by atoms with van der Waals surface area (Å²) in [4.78, 5) is 0.386. The van der Waals surface area contributed by atoms with Crippen molar-refractivity contribution >= 4 is 21.6 Å². The normalized spacial score (nSPS) is 24.8. The van der Waals surface area contributed by atoms with Crippen molar-refractivity contribution in [2.45, 2.75) is 56.5 Å². The number of hydrogen-bond acceptors (Lipinski definition) is 2. The lowest BCUT2D eigenvalue weighted by Gasteiger charge is -2.37. The molecule has 1 heterocycles. The summed E-state index contributed by atoms with van der Waals surface area (Å²) in [6.07, 6.45) is 3.74. The summed E-state index contributed by atoms with van der Waals surface area (Å²) in [6.45, 7) is 3.99. The van der Waals surface area contributed by atoms with Gasteiger partial charge in [0.2, 0.25) is 10.0 Å². The number of hydrogen-bond donors (Lipinski definition) is 0. The van der Waals surface area contributed by atoms with E-state index in [-0.39, 0.29) is 12.1 Å². The van der Waals surface area contributed by atoms with E-state index in [0.29, 0.717) is 10.8 Å². The van der Waals surface area contributed by atoms with E-state index in [1.54, 1.807) is 16.4 Å². The van der Waals surface area contributed by atoms with Crippen LogP contribution in [0.4, 0.5) is 0 Å². The number of benzene rings is 1. The fourth-order valence-corrected chi connectivity index (χ4v) is 5.03. The third-order valence-electron chi connectivity index (χ3n) is 3.99. The van der Waals surface area contributed by atoms with Crippen LogP contribution in [0, 0.1) is 0 Å². The molecule has 0 aromatic heterocycles. The second-order valence-corrected chi connectivity index (χ2v) is 7.77. The Morgan fingerprint density at radius 1 is 1.15 bits per heavy atom. The van der Waals surface area contributed by atoms with Gasteiger partial charge in [0.15, 0.2) is 0 Å². The van der Waals surface area contributed by atoms with Crippen LogP contribution in [0.1, 0.15) is 38.7 Å². The van der Waals surface area contributed by atoms with E-state index in [9.17, 15) is 8.42 Å². The summed E-state index contributed by atoms with van der Waals surface area (Å²) in [5, 5.41) is 0. The van der Waals surface area contributed by atoms with Gasteiger partial charge in [0.1, 0.15) is 0 Å². The van der Waals surface area contributed by atoms with Crippen LogP contribution in [0.5, 0.6) is 0 Å². The Morgan fingerprint density at radius 2 is 1.70 bits per heavy atom. The Labute approximate surface area is 127 Å². The van der Waals surface area contributed by atoms with Crippen molar-refractivity contribution in [3.63, 3.8) is 0 Å². The Hall–Kier alpha value is -0.580. The van der Waals surface area contributed by atoms with Crippen molar-refractivity contribution in [2.24, 2.45) is 0 Å². The molecule has 1 fully saturated rings. The van der Waals surface area contributed by atoms with E-state index in [4.69, 9.17) is 11.6 Å². The first-order valence-electron chi connectivity index (χ1n) is 7.15. The maximum atomic E-state index is 12.8. The van der Waals surface area contributed by atoms with Crippen LogP contribution in [0.2, 0.25) is 0 Å². The summed E-state index contributed by atoms with van der Waals surface area (Å²) in [6, 6.07) is 7.26. The van der Waals surface area contributed by atoms with Crippen LogP contribution in [0.15, 0.2) is 29.2 Å². The van der Waals surface area contributed by atoms with Crippen LogP contribution < -0.4 is 0 Å². The van der Waals surface area contributed by atoms with Crippen LogP contribution >= 0.6 is 11.6 Å². The van der Waals surface area contributed by atoms with Crippen molar-refractivity contribution in [3.05, 3.63) is 29.8 Å².